The fraction of sp³-hybridized carbons (Fsp3) is 0.304. The molecule has 1 fully saturated rings. The van der Waals surface area contributed by atoms with Crippen LogP contribution in [0.2, 0.25) is 10.0 Å². The summed E-state index contributed by atoms with van der Waals surface area (Å²) in [5.41, 5.74) is 4.35. The van der Waals surface area contributed by atoms with Crippen LogP contribution in [0, 0.1) is 13.8 Å². The van der Waals surface area contributed by atoms with Crippen LogP contribution in [-0.2, 0) is 6.54 Å². The van der Waals surface area contributed by atoms with Crippen LogP contribution < -0.4 is 0 Å². The van der Waals surface area contributed by atoms with Gasteiger partial charge in [-0.1, -0.05) is 47.5 Å². The van der Waals surface area contributed by atoms with Gasteiger partial charge in [0.25, 0.3) is 5.91 Å². The van der Waals surface area contributed by atoms with E-state index in [1.165, 1.54) is 0 Å². The number of benzene rings is 2. The zero-order valence-electron chi connectivity index (χ0n) is 17.1. The van der Waals surface area contributed by atoms with E-state index in [9.17, 15) is 4.79 Å². The lowest BCUT2D eigenvalue weighted by atomic mass is 10.1. The van der Waals surface area contributed by atoms with Gasteiger partial charge in [-0.05, 0) is 43.7 Å². The van der Waals surface area contributed by atoms with Crippen molar-refractivity contribution in [3.05, 3.63) is 81.1 Å². The molecule has 0 atom stereocenters. The average Bonchev–Trinajstić information content (AvgIpc) is 3.05. The number of halogens is 2. The Morgan fingerprint density at radius 1 is 1.00 bits per heavy atom. The van der Waals surface area contributed by atoms with Gasteiger partial charge in [0.1, 0.15) is 0 Å². The number of aromatic nitrogens is 2. The standard InChI is InChI=1S/C23H24Cl2N4O/c1-16-22(17(2)29(26-16)20-6-4-3-5-7-20)23(30)28-12-10-27(11-13-28)15-18-8-9-19(24)14-21(18)25/h3-9,14H,10-13,15H2,1-2H3. The van der Waals surface area contributed by atoms with Gasteiger partial charge in [-0.25, -0.2) is 4.68 Å². The van der Waals surface area contributed by atoms with E-state index >= 15 is 0 Å². The molecule has 1 saturated heterocycles. The lowest BCUT2D eigenvalue weighted by molar-refractivity contribution is 0.0627. The second-order valence-electron chi connectivity index (χ2n) is 7.60. The summed E-state index contributed by atoms with van der Waals surface area (Å²) in [5.74, 6) is 0.0522. The van der Waals surface area contributed by atoms with Crippen molar-refractivity contribution < 1.29 is 4.79 Å². The molecule has 3 aromatic rings. The number of hydrogen-bond donors (Lipinski definition) is 0. The first-order valence-corrected chi connectivity index (χ1v) is 10.8. The number of hydrogen-bond acceptors (Lipinski definition) is 3. The van der Waals surface area contributed by atoms with E-state index in [0.717, 1.165) is 42.3 Å². The lowest BCUT2D eigenvalue weighted by Crippen LogP contribution is -2.48. The summed E-state index contributed by atoms with van der Waals surface area (Å²) in [6, 6.07) is 15.5. The van der Waals surface area contributed by atoms with Crippen LogP contribution >= 0.6 is 23.2 Å². The molecule has 156 valence electrons. The number of rotatable bonds is 4. The molecule has 0 bridgehead atoms. The first-order chi connectivity index (χ1) is 14.4. The molecular formula is C23H24Cl2N4O. The van der Waals surface area contributed by atoms with E-state index < -0.39 is 0 Å². The van der Waals surface area contributed by atoms with Gasteiger partial charge in [0, 0.05) is 42.8 Å². The van der Waals surface area contributed by atoms with E-state index in [2.05, 4.69) is 10.00 Å². The molecule has 7 heteroatoms. The minimum absolute atomic E-state index is 0.0522. The molecule has 5 nitrogen and oxygen atoms in total. The highest BCUT2D eigenvalue weighted by atomic mass is 35.5. The Hall–Kier alpha value is -2.34. The van der Waals surface area contributed by atoms with Crippen LogP contribution in [0.5, 0.6) is 0 Å². The Kier molecular flexibility index (Phi) is 6.14. The number of piperazine rings is 1. The molecule has 1 aliphatic rings. The first-order valence-electron chi connectivity index (χ1n) is 10.0. The highest BCUT2D eigenvalue weighted by Gasteiger charge is 2.27. The molecule has 0 aliphatic carbocycles. The van der Waals surface area contributed by atoms with Gasteiger partial charge in [-0.2, -0.15) is 5.10 Å². The molecule has 0 radical (unpaired) electrons. The number of nitrogens with zero attached hydrogens (tertiary/aromatic N) is 4. The molecule has 30 heavy (non-hydrogen) atoms. The largest absolute Gasteiger partial charge is 0.336 e. The van der Waals surface area contributed by atoms with Crippen LogP contribution in [-0.4, -0.2) is 51.7 Å². The number of amides is 1. The minimum Gasteiger partial charge on any atom is -0.336 e. The number of para-hydroxylation sites is 1. The van der Waals surface area contributed by atoms with Crippen molar-refractivity contribution >= 4 is 29.1 Å². The van der Waals surface area contributed by atoms with Crippen LogP contribution in [0.1, 0.15) is 27.3 Å². The van der Waals surface area contributed by atoms with Crippen molar-refractivity contribution in [2.24, 2.45) is 0 Å². The van der Waals surface area contributed by atoms with Crippen molar-refractivity contribution in [2.45, 2.75) is 20.4 Å². The summed E-state index contributed by atoms with van der Waals surface area (Å²) >= 11 is 12.3. The Labute approximate surface area is 186 Å². The molecular weight excluding hydrogens is 419 g/mol. The van der Waals surface area contributed by atoms with E-state index in [0.29, 0.717) is 28.7 Å². The predicted octanol–water partition coefficient (Wildman–Crippen LogP) is 4.75. The third-order valence-electron chi connectivity index (χ3n) is 5.57. The first kappa shape index (κ1) is 20.9. The Morgan fingerprint density at radius 2 is 1.70 bits per heavy atom. The molecule has 2 heterocycles. The Morgan fingerprint density at radius 3 is 2.37 bits per heavy atom. The van der Waals surface area contributed by atoms with Crippen molar-refractivity contribution in [2.75, 3.05) is 26.2 Å². The van der Waals surface area contributed by atoms with E-state index in [-0.39, 0.29) is 5.91 Å². The average molecular weight is 443 g/mol. The molecule has 0 unspecified atom stereocenters. The zero-order chi connectivity index (χ0) is 21.3. The molecule has 2 aromatic carbocycles. The third-order valence-corrected chi connectivity index (χ3v) is 6.16. The number of carbonyl (C=O) groups excluding carboxylic acids is 1. The van der Waals surface area contributed by atoms with Crippen molar-refractivity contribution in [3.63, 3.8) is 0 Å². The SMILES string of the molecule is Cc1nn(-c2ccccc2)c(C)c1C(=O)N1CCN(Cc2ccc(Cl)cc2Cl)CC1. The summed E-state index contributed by atoms with van der Waals surface area (Å²) in [7, 11) is 0. The van der Waals surface area contributed by atoms with Crippen LogP contribution in [0.15, 0.2) is 48.5 Å². The monoisotopic (exact) mass is 442 g/mol. The minimum atomic E-state index is 0.0522. The molecule has 0 N–H and O–H groups in total. The quantitative estimate of drug-likeness (QED) is 0.584. The summed E-state index contributed by atoms with van der Waals surface area (Å²) in [6.07, 6.45) is 0. The number of aryl methyl sites for hydroxylation is 1. The van der Waals surface area contributed by atoms with E-state index in [1.807, 2.05) is 65.9 Å². The fourth-order valence-corrected chi connectivity index (χ4v) is 4.40. The van der Waals surface area contributed by atoms with E-state index in [1.54, 1.807) is 6.07 Å². The van der Waals surface area contributed by atoms with Crippen molar-refractivity contribution in [3.8, 4) is 5.69 Å². The third kappa shape index (κ3) is 4.24. The van der Waals surface area contributed by atoms with Gasteiger partial charge in [0.05, 0.1) is 22.6 Å². The van der Waals surface area contributed by atoms with Crippen LogP contribution in [0.25, 0.3) is 5.69 Å². The predicted molar refractivity (Wildman–Crippen MR) is 121 cm³/mol. The number of carbonyl (C=O) groups is 1. The fourth-order valence-electron chi connectivity index (χ4n) is 3.93. The van der Waals surface area contributed by atoms with Crippen LogP contribution in [0.4, 0.5) is 0 Å². The van der Waals surface area contributed by atoms with Crippen molar-refractivity contribution in [1.82, 2.24) is 19.6 Å². The van der Waals surface area contributed by atoms with Crippen molar-refractivity contribution in [1.29, 1.82) is 0 Å². The summed E-state index contributed by atoms with van der Waals surface area (Å²) in [6.45, 7) is 7.57. The summed E-state index contributed by atoms with van der Waals surface area (Å²) < 4.78 is 1.85. The normalized spacial score (nSPS) is 14.9. The molecule has 1 aliphatic heterocycles. The Balaban J connectivity index is 1.44. The van der Waals surface area contributed by atoms with Gasteiger partial charge in [-0.3, -0.25) is 9.69 Å². The topological polar surface area (TPSA) is 41.4 Å². The molecule has 1 amide bonds. The molecule has 1 aromatic heterocycles. The van der Waals surface area contributed by atoms with E-state index in [4.69, 9.17) is 23.2 Å². The van der Waals surface area contributed by atoms with Gasteiger partial charge in [-0.15, -0.1) is 0 Å². The zero-order valence-corrected chi connectivity index (χ0v) is 18.6. The van der Waals surface area contributed by atoms with Gasteiger partial charge in [0.2, 0.25) is 0 Å². The second kappa shape index (κ2) is 8.80. The highest BCUT2D eigenvalue weighted by Crippen LogP contribution is 2.24. The summed E-state index contributed by atoms with van der Waals surface area (Å²) in [4.78, 5) is 17.5. The van der Waals surface area contributed by atoms with Gasteiger partial charge < -0.3 is 4.90 Å². The Bertz CT molecular complexity index is 1060. The lowest BCUT2D eigenvalue weighted by Gasteiger charge is -2.35. The smallest absolute Gasteiger partial charge is 0.257 e. The van der Waals surface area contributed by atoms with Crippen LogP contribution in [0.3, 0.4) is 0 Å². The maximum atomic E-state index is 13.3. The molecule has 4 rings (SSSR count). The highest BCUT2D eigenvalue weighted by molar-refractivity contribution is 6.35. The van der Waals surface area contributed by atoms with Gasteiger partial charge in [0.15, 0.2) is 0 Å². The maximum absolute atomic E-state index is 13.3. The molecule has 0 spiro atoms. The summed E-state index contributed by atoms with van der Waals surface area (Å²) in [5, 5.41) is 5.94. The maximum Gasteiger partial charge on any atom is 0.257 e. The van der Waals surface area contributed by atoms with Gasteiger partial charge >= 0.3 is 0 Å². The molecule has 0 saturated carbocycles. The second-order valence-corrected chi connectivity index (χ2v) is 8.44.